The molecule has 0 amide bonds. The minimum atomic E-state index is -0.108. The lowest BCUT2D eigenvalue weighted by molar-refractivity contribution is 0.315. The van der Waals surface area contributed by atoms with Gasteiger partial charge in [0.25, 0.3) is 0 Å². The van der Waals surface area contributed by atoms with E-state index in [0.29, 0.717) is 0 Å². The summed E-state index contributed by atoms with van der Waals surface area (Å²) in [4.78, 5) is 6.49. The minimum Gasteiger partial charge on any atom is -0.384 e. The monoisotopic (exact) mass is 272 g/mol. The van der Waals surface area contributed by atoms with E-state index in [0.717, 1.165) is 24.3 Å². The van der Waals surface area contributed by atoms with Crippen molar-refractivity contribution in [1.29, 1.82) is 0 Å². The van der Waals surface area contributed by atoms with E-state index < -0.39 is 0 Å². The maximum Gasteiger partial charge on any atom is 0.104 e. The molecular weight excluding hydrogens is 256 g/mol. The summed E-state index contributed by atoms with van der Waals surface area (Å²) >= 11 is 1.61. The summed E-state index contributed by atoms with van der Waals surface area (Å²) in [5, 5.41) is 10.8. The second-order valence-corrected chi connectivity index (χ2v) is 4.99. The van der Waals surface area contributed by atoms with Crippen LogP contribution in [-0.2, 0) is 13.1 Å². The van der Waals surface area contributed by atoms with Gasteiger partial charge in [-0.25, -0.2) is 4.98 Å². The molecule has 0 saturated heterocycles. The number of thiazole rings is 1. The predicted molar refractivity (Wildman–Crippen MR) is 77.7 cm³/mol. The smallest absolute Gasteiger partial charge is 0.104 e. The third kappa shape index (κ3) is 4.18. The van der Waals surface area contributed by atoms with Crippen molar-refractivity contribution in [1.82, 2.24) is 9.88 Å². The van der Waals surface area contributed by atoms with Gasteiger partial charge in [-0.3, -0.25) is 4.90 Å². The van der Waals surface area contributed by atoms with Crippen molar-refractivity contribution in [2.45, 2.75) is 13.1 Å². The first-order valence-electron chi connectivity index (χ1n) is 6.03. The Balaban J connectivity index is 2.06. The van der Waals surface area contributed by atoms with Gasteiger partial charge in [0.2, 0.25) is 0 Å². The van der Waals surface area contributed by atoms with Gasteiger partial charge in [-0.05, 0) is 18.7 Å². The van der Waals surface area contributed by atoms with E-state index in [1.54, 1.807) is 11.3 Å². The van der Waals surface area contributed by atoms with Crippen LogP contribution in [0.3, 0.4) is 0 Å². The number of hydrogen-bond acceptors (Lipinski definition) is 4. The molecule has 0 bridgehead atoms. The highest BCUT2D eigenvalue weighted by Crippen LogP contribution is 2.12. The normalized spacial score (nSPS) is 10.3. The molecule has 0 fully saturated rings. The quantitative estimate of drug-likeness (QED) is 0.866. The van der Waals surface area contributed by atoms with Crippen molar-refractivity contribution >= 4 is 11.3 Å². The van der Waals surface area contributed by atoms with E-state index in [2.05, 4.69) is 40.2 Å². The highest BCUT2D eigenvalue weighted by Gasteiger charge is 2.05. The van der Waals surface area contributed by atoms with Crippen LogP contribution in [0, 0.1) is 11.8 Å². The summed E-state index contributed by atoms with van der Waals surface area (Å²) in [6, 6.07) is 8.02. The van der Waals surface area contributed by atoms with E-state index in [4.69, 9.17) is 5.11 Å². The lowest BCUT2D eigenvalue weighted by atomic mass is 10.1. The zero-order chi connectivity index (χ0) is 13.5. The number of aliphatic hydroxyl groups excluding tert-OH is 1. The molecule has 0 saturated carbocycles. The van der Waals surface area contributed by atoms with Gasteiger partial charge in [0.05, 0.1) is 11.2 Å². The maximum atomic E-state index is 8.78. The summed E-state index contributed by atoms with van der Waals surface area (Å²) in [5.74, 6) is 5.69. The average Bonchev–Trinajstić information content (AvgIpc) is 2.90. The van der Waals surface area contributed by atoms with Crippen LogP contribution in [-0.4, -0.2) is 28.6 Å². The molecule has 2 aromatic rings. The van der Waals surface area contributed by atoms with E-state index in [9.17, 15) is 0 Å². The topological polar surface area (TPSA) is 36.4 Å². The summed E-state index contributed by atoms with van der Waals surface area (Å²) in [5.41, 5.74) is 5.08. The maximum absolute atomic E-state index is 8.78. The zero-order valence-corrected chi connectivity index (χ0v) is 11.7. The van der Waals surface area contributed by atoms with Crippen molar-refractivity contribution in [3.63, 3.8) is 0 Å². The van der Waals surface area contributed by atoms with Gasteiger partial charge < -0.3 is 5.11 Å². The molecule has 1 heterocycles. The highest BCUT2D eigenvalue weighted by molar-refractivity contribution is 7.07. The Bertz CT molecular complexity index is 569. The molecule has 0 atom stereocenters. The van der Waals surface area contributed by atoms with Crippen LogP contribution in [0.4, 0.5) is 0 Å². The lowest BCUT2D eigenvalue weighted by Gasteiger charge is -2.16. The summed E-state index contributed by atoms with van der Waals surface area (Å²) in [7, 11) is 2.07. The van der Waals surface area contributed by atoms with E-state index in [1.807, 2.05) is 23.7 Å². The van der Waals surface area contributed by atoms with Crippen molar-refractivity contribution in [3.8, 4) is 11.8 Å². The van der Waals surface area contributed by atoms with Crippen LogP contribution in [0.5, 0.6) is 0 Å². The molecule has 4 heteroatoms. The average molecular weight is 272 g/mol. The molecule has 1 N–H and O–H groups in total. The van der Waals surface area contributed by atoms with Gasteiger partial charge in [-0.15, -0.1) is 11.3 Å². The molecule has 0 radical (unpaired) electrons. The fourth-order valence-electron chi connectivity index (χ4n) is 1.85. The summed E-state index contributed by atoms with van der Waals surface area (Å²) in [6.45, 7) is 1.53. The second kappa shape index (κ2) is 7.05. The molecule has 1 aromatic carbocycles. The molecule has 0 unspecified atom stereocenters. The molecule has 3 nitrogen and oxygen atoms in total. The van der Waals surface area contributed by atoms with E-state index in [-0.39, 0.29) is 6.61 Å². The van der Waals surface area contributed by atoms with Crippen molar-refractivity contribution < 1.29 is 5.11 Å². The van der Waals surface area contributed by atoms with Crippen LogP contribution in [0.15, 0.2) is 35.2 Å². The van der Waals surface area contributed by atoms with Gasteiger partial charge >= 0.3 is 0 Å². The Labute approximate surface area is 117 Å². The van der Waals surface area contributed by atoms with Gasteiger partial charge in [-0.1, -0.05) is 30.0 Å². The number of hydrogen-bond donors (Lipinski definition) is 1. The van der Waals surface area contributed by atoms with Crippen molar-refractivity contribution in [2.75, 3.05) is 13.7 Å². The molecule has 0 spiro atoms. The third-order valence-corrected chi connectivity index (χ3v) is 3.31. The molecule has 0 aliphatic heterocycles. The van der Waals surface area contributed by atoms with Crippen LogP contribution < -0.4 is 0 Å². The van der Waals surface area contributed by atoms with Crippen LogP contribution in [0.25, 0.3) is 0 Å². The van der Waals surface area contributed by atoms with Crippen LogP contribution in [0.2, 0.25) is 0 Å². The lowest BCUT2D eigenvalue weighted by Crippen LogP contribution is -2.18. The molecule has 0 aliphatic rings. The van der Waals surface area contributed by atoms with E-state index >= 15 is 0 Å². The standard InChI is InChI=1S/C15H16N2OS/c1-17(10-15-11-19-12-16-15)9-14-6-3-2-5-13(14)7-4-8-18/h2-3,5-6,11-12,18H,8-10H2,1H3. The third-order valence-electron chi connectivity index (χ3n) is 2.68. The fraction of sp³-hybridized carbons (Fsp3) is 0.267. The van der Waals surface area contributed by atoms with Gasteiger partial charge in [0.1, 0.15) is 6.61 Å². The van der Waals surface area contributed by atoms with Crippen LogP contribution in [0.1, 0.15) is 16.8 Å². The van der Waals surface area contributed by atoms with Gasteiger partial charge in [0.15, 0.2) is 0 Å². The Morgan fingerprint density at radius 2 is 2.16 bits per heavy atom. The summed E-state index contributed by atoms with van der Waals surface area (Å²) < 4.78 is 0. The van der Waals surface area contributed by atoms with E-state index in [1.165, 1.54) is 5.56 Å². The SMILES string of the molecule is CN(Cc1cscn1)Cc1ccccc1C#CCO. The number of nitrogens with zero attached hydrogens (tertiary/aromatic N) is 2. The Kier molecular flexibility index (Phi) is 5.10. The largest absolute Gasteiger partial charge is 0.384 e. The molecular formula is C15H16N2OS. The molecule has 2 rings (SSSR count). The molecule has 19 heavy (non-hydrogen) atoms. The second-order valence-electron chi connectivity index (χ2n) is 4.27. The van der Waals surface area contributed by atoms with Crippen molar-refractivity contribution in [2.24, 2.45) is 0 Å². The first-order valence-corrected chi connectivity index (χ1v) is 6.97. The first-order chi connectivity index (χ1) is 9.29. The summed E-state index contributed by atoms with van der Waals surface area (Å²) in [6.07, 6.45) is 0. The number of aliphatic hydroxyl groups is 1. The first kappa shape index (κ1) is 13.8. The Hall–Kier alpha value is -1.67. The molecule has 1 aromatic heterocycles. The molecule has 0 aliphatic carbocycles. The Morgan fingerprint density at radius 3 is 2.89 bits per heavy atom. The number of rotatable bonds is 4. The predicted octanol–water partition coefficient (Wildman–Crippen LogP) is 2.12. The fourth-order valence-corrected chi connectivity index (χ4v) is 2.40. The van der Waals surface area contributed by atoms with Gasteiger partial charge in [0, 0.05) is 24.0 Å². The van der Waals surface area contributed by atoms with Crippen molar-refractivity contribution in [3.05, 3.63) is 52.0 Å². The zero-order valence-electron chi connectivity index (χ0n) is 10.8. The van der Waals surface area contributed by atoms with Gasteiger partial charge in [-0.2, -0.15) is 0 Å². The minimum absolute atomic E-state index is 0.108. The molecule has 98 valence electrons. The Morgan fingerprint density at radius 1 is 1.32 bits per heavy atom. The highest BCUT2D eigenvalue weighted by atomic mass is 32.1. The number of aromatic nitrogens is 1. The van der Waals surface area contributed by atoms with Crippen LogP contribution >= 0.6 is 11.3 Å². The number of benzene rings is 1.